The Labute approximate surface area is 92.8 Å². The van der Waals surface area contributed by atoms with Gasteiger partial charge in [0, 0.05) is 17.3 Å². The Hall–Kier alpha value is -2.09. The molecule has 0 bridgehead atoms. The summed E-state index contributed by atoms with van der Waals surface area (Å²) in [5, 5.41) is 1.10. The van der Waals surface area contributed by atoms with Crippen molar-refractivity contribution in [2.75, 3.05) is 0 Å². The molecular weight excluding hydrogens is 201 g/mol. The van der Waals surface area contributed by atoms with Crippen molar-refractivity contribution < 1.29 is 4.39 Å². The molecule has 3 aromatic rings. The number of halogens is 1. The van der Waals surface area contributed by atoms with Gasteiger partial charge in [-0.05, 0) is 42.5 Å². The molecule has 16 heavy (non-hydrogen) atoms. The lowest BCUT2D eigenvalue weighted by Gasteiger charge is -2.04. The van der Waals surface area contributed by atoms with Crippen LogP contribution in [0.15, 0.2) is 54.7 Å². The van der Waals surface area contributed by atoms with Gasteiger partial charge in [0.15, 0.2) is 0 Å². The average molecular weight is 210 g/mol. The molecule has 1 nitrogen and oxygen atoms in total. The zero-order chi connectivity index (χ0) is 11.0. The highest BCUT2D eigenvalue weighted by Gasteiger charge is 2.02. The van der Waals surface area contributed by atoms with Crippen molar-refractivity contribution in [2.45, 2.75) is 0 Å². The molecule has 0 saturated heterocycles. The first-order valence-electron chi connectivity index (χ1n) is 5.08. The SMILES string of the molecule is Fc1cccc(-n2ccc3c[c]ccc32)c1. The van der Waals surface area contributed by atoms with Gasteiger partial charge in [0.05, 0.1) is 5.52 Å². The number of aromatic nitrogens is 1. The number of benzene rings is 2. The summed E-state index contributed by atoms with van der Waals surface area (Å²) in [6, 6.07) is 17.3. The number of rotatable bonds is 1. The van der Waals surface area contributed by atoms with Crippen molar-refractivity contribution in [1.82, 2.24) is 4.57 Å². The van der Waals surface area contributed by atoms with Gasteiger partial charge in [0.1, 0.15) is 5.82 Å². The minimum atomic E-state index is -0.221. The normalized spacial score (nSPS) is 10.8. The molecule has 2 heteroatoms. The molecule has 1 radical (unpaired) electrons. The maximum absolute atomic E-state index is 13.1. The number of hydrogen-bond donors (Lipinski definition) is 0. The maximum Gasteiger partial charge on any atom is 0.125 e. The second kappa shape index (κ2) is 3.49. The molecule has 0 unspecified atom stereocenters. The first-order valence-corrected chi connectivity index (χ1v) is 5.08. The summed E-state index contributed by atoms with van der Waals surface area (Å²) in [6.07, 6.45) is 1.94. The monoisotopic (exact) mass is 210 g/mol. The van der Waals surface area contributed by atoms with Crippen molar-refractivity contribution >= 4 is 10.9 Å². The summed E-state index contributed by atoms with van der Waals surface area (Å²) in [4.78, 5) is 0. The number of nitrogens with zero attached hydrogens (tertiary/aromatic N) is 1. The third-order valence-electron chi connectivity index (χ3n) is 2.62. The van der Waals surface area contributed by atoms with Gasteiger partial charge >= 0.3 is 0 Å². The number of fused-ring (bicyclic) bond motifs is 1. The van der Waals surface area contributed by atoms with Crippen molar-refractivity contribution in [1.29, 1.82) is 0 Å². The Kier molecular flexibility index (Phi) is 2.00. The third kappa shape index (κ3) is 1.39. The van der Waals surface area contributed by atoms with Crippen LogP contribution in [0.25, 0.3) is 16.6 Å². The Bertz CT molecular complexity index is 640. The molecule has 1 aromatic heterocycles. The predicted molar refractivity (Wildman–Crippen MR) is 62.1 cm³/mol. The standard InChI is InChI=1S/C14H9FN/c15-12-5-3-6-13(10-12)16-9-8-11-4-1-2-7-14(11)16/h2-10H. The van der Waals surface area contributed by atoms with Gasteiger partial charge in [-0.1, -0.05) is 12.1 Å². The highest BCUT2D eigenvalue weighted by Crippen LogP contribution is 2.20. The van der Waals surface area contributed by atoms with E-state index in [1.165, 1.54) is 12.1 Å². The van der Waals surface area contributed by atoms with E-state index in [1.54, 1.807) is 6.07 Å². The van der Waals surface area contributed by atoms with Crippen LogP contribution in [-0.4, -0.2) is 4.57 Å². The lowest BCUT2D eigenvalue weighted by Crippen LogP contribution is -1.91. The van der Waals surface area contributed by atoms with Crippen LogP contribution in [-0.2, 0) is 0 Å². The van der Waals surface area contributed by atoms with Gasteiger partial charge in [-0.2, -0.15) is 0 Å². The highest BCUT2D eigenvalue weighted by molar-refractivity contribution is 5.81. The fourth-order valence-electron chi connectivity index (χ4n) is 1.87. The van der Waals surface area contributed by atoms with E-state index in [1.807, 2.05) is 41.1 Å². The smallest absolute Gasteiger partial charge is 0.125 e. The second-order valence-electron chi connectivity index (χ2n) is 3.65. The van der Waals surface area contributed by atoms with E-state index >= 15 is 0 Å². The molecule has 2 aromatic carbocycles. The van der Waals surface area contributed by atoms with Crippen LogP contribution in [0.1, 0.15) is 0 Å². The van der Waals surface area contributed by atoms with Crippen LogP contribution in [0.5, 0.6) is 0 Å². The zero-order valence-electron chi connectivity index (χ0n) is 8.52. The molecule has 0 saturated carbocycles. The molecular formula is C14H9FN. The second-order valence-corrected chi connectivity index (χ2v) is 3.65. The van der Waals surface area contributed by atoms with Crippen molar-refractivity contribution in [3.63, 3.8) is 0 Å². The Balaban J connectivity index is 2.26. The molecule has 0 spiro atoms. The quantitative estimate of drug-likeness (QED) is 0.578. The molecule has 0 atom stereocenters. The van der Waals surface area contributed by atoms with E-state index in [-0.39, 0.29) is 5.82 Å². The highest BCUT2D eigenvalue weighted by atomic mass is 19.1. The first kappa shape index (κ1) is 9.16. The number of hydrogen-bond acceptors (Lipinski definition) is 0. The van der Waals surface area contributed by atoms with Crippen LogP contribution >= 0.6 is 0 Å². The van der Waals surface area contributed by atoms with E-state index in [0.29, 0.717) is 0 Å². The maximum atomic E-state index is 13.1. The largest absolute Gasteiger partial charge is 0.316 e. The summed E-state index contributed by atoms with van der Waals surface area (Å²) in [7, 11) is 0. The Morgan fingerprint density at radius 3 is 2.94 bits per heavy atom. The average Bonchev–Trinajstić information content (AvgIpc) is 2.72. The minimum absolute atomic E-state index is 0.221. The lowest BCUT2D eigenvalue weighted by molar-refractivity contribution is 0.627. The van der Waals surface area contributed by atoms with Crippen LogP contribution in [0.3, 0.4) is 0 Å². The summed E-state index contributed by atoms with van der Waals surface area (Å²) in [6.45, 7) is 0. The first-order chi connectivity index (χ1) is 7.84. The predicted octanol–water partition coefficient (Wildman–Crippen LogP) is 3.57. The van der Waals surface area contributed by atoms with E-state index in [4.69, 9.17) is 0 Å². The van der Waals surface area contributed by atoms with E-state index in [0.717, 1.165) is 16.6 Å². The summed E-state index contributed by atoms with van der Waals surface area (Å²) >= 11 is 0. The van der Waals surface area contributed by atoms with Gasteiger partial charge in [-0.15, -0.1) is 0 Å². The molecule has 0 aliphatic rings. The van der Waals surface area contributed by atoms with Gasteiger partial charge in [-0.3, -0.25) is 0 Å². The summed E-state index contributed by atoms with van der Waals surface area (Å²) < 4.78 is 15.1. The van der Waals surface area contributed by atoms with Crippen LogP contribution in [0.2, 0.25) is 0 Å². The zero-order valence-corrected chi connectivity index (χ0v) is 8.52. The van der Waals surface area contributed by atoms with Crippen molar-refractivity contribution in [2.24, 2.45) is 0 Å². The van der Waals surface area contributed by atoms with Gasteiger partial charge in [-0.25, -0.2) is 4.39 Å². The summed E-state index contributed by atoms with van der Waals surface area (Å²) in [5.41, 5.74) is 1.89. The molecule has 0 N–H and O–H groups in total. The third-order valence-corrected chi connectivity index (χ3v) is 2.62. The van der Waals surface area contributed by atoms with E-state index in [2.05, 4.69) is 6.07 Å². The van der Waals surface area contributed by atoms with Crippen LogP contribution in [0.4, 0.5) is 4.39 Å². The molecule has 77 valence electrons. The molecule has 1 heterocycles. The van der Waals surface area contributed by atoms with Crippen LogP contribution in [0, 0.1) is 11.9 Å². The summed E-state index contributed by atoms with van der Waals surface area (Å²) in [5.74, 6) is -0.221. The topological polar surface area (TPSA) is 4.93 Å². The molecule has 0 aliphatic heterocycles. The fourth-order valence-corrected chi connectivity index (χ4v) is 1.87. The van der Waals surface area contributed by atoms with E-state index in [9.17, 15) is 4.39 Å². The fraction of sp³-hybridized carbons (Fsp3) is 0. The molecule has 0 fully saturated rings. The molecule has 0 amide bonds. The van der Waals surface area contributed by atoms with Gasteiger partial charge in [0.2, 0.25) is 0 Å². The lowest BCUT2D eigenvalue weighted by atomic mass is 10.2. The molecule has 0 aliphatic carbocycles. The van der Waals surface area contributed by atoms with E-state index < -0.39 is 0 Å². The molecule has 3 rings (SSSR count). The Morgan fingerprint density at radius 2 is 2.06 bits per heavy atom. The van der Waals surface area contributed by atoms with Gasteiger partial charge in [0.25, 0.3) is 0 Å². The van der Waals surface area contributed by atoms with Crippen molar-refractivity contribution in [3.8, 4) is 5.69 Å². The van der Waals surface area contributed by atoms with Crippen LogP contribution < -0.4 is 0 Å². The van der Waals surface area contributed by atoms with Crippen molar-refractivity contribution in [3.05, 3.63) is 66.6 Å². The Morgan fingerprint density at radius 1 is 1.12 bits per heavy atom. The minimum Gasteiger partial charge on any atom is -0.316 e. The van der Waals surface area contributed by atoms with Gasteiger partial charge < -0.3 is 4.57 Å².